The van der Waals surface area contributed by atoms with Crippen LogP contribution in [0, 0.1) is 11.3 Å². The lowest BCUT2D eigenvalue weighted by Crippen LogP contribution is -2.44. The molecule has 34 heavy (non-hydrogen) atoms. The molecule has 1 aliphatic rings. The molecule has 2 aromatic rings. The molecule has 0 aliphatic carbocycles. The van der Waals surface area contributed by atoms with E-state index in [1.807, 2.05) is 36.4 Å². The molecule has 8 heteroatoms. The van der Waals surface area contributed by atoms with Gasteiger partial charge in [-0.1, -0.05) is 36.4 Å². The van der Waals surface area contributed by atoms with Crippen LogP contribution in [0.15, 0.2) is 65.3 Å². The maximum Gasteiger partial charge on any atom is 0.302 e. The van der Waals surface area contributed by atoms with Crippen molar-refractivity contribution in [1.82, 2.24) is 4.90 Å². The summed E-state index contributed by atoms with van der Waals surface area (Å²) < 4.78 is 16.2. The molecule has 0 unspecified atom stereocenters. The number of ether oxygens (including phenoxy) is 3. The molecule has 174 valence electrons. The van der Waals surface area contributed by atoms with Crippen LogP contribution in [0.4, 0.5) is 0 Å². The SMILES string of the molecule is COc1cc(/C=C2/C(=O)N(CCOC(C)=O)C(=O)C(C#N)=C2C)ccc1OCc1ccccc1. The number of amides is 2. The lowest BCUT2D eigenvalue weighted by molar-refractivity contribution is -0.147. The van der Waals surface area contributed by atoms with E-state index in [9.17, 15) is 19.6 Å². The van der Waals surface area contributed by atoms with Crippen LogP contribution in [0.2, 0.25) is 0 Å². The van der Waals surface area contributed by atoms with E-state index in [-0.39, 0.29) is 29.9 Å². The maximum absolute atomic E-state index is 13.1. The summed E-state index contributed by atoms with van der Waals surface area (Å²) in [6.07, 6.45) is 1.59. The number of nitrogens with zero attached hydrogens (tertiary/aromatic N) is 2. The van der Waals surface area contributed by atoms with Gasteiger partial charge in [-0.2, -0.15) is 5.26 Å². The van der Waals surface area contributed by atoms with E-state index in [4.69, 9.17) is 14.2 Å². The third-order valence-electron chi connectivity index (χ3n) is 5.18. The number of hydrogen-bond donors (Lipinski definition) is 0. The van der Waals surface area contributed by atoms with Gasteiger partial charge in [0.2, 0.25) is 0 Å². The second-order valence-electron chi connectivity index (χ2n) is 7.46. The summed E-state index contributed by atoms with van der Waals surface area (Å²) in [4.78, 5) is 37.6. The number of hydrogen-bond acceptors (Lipinski definition) is 7. The Morgan fingerprint density at radius 3 is 2.47 bits per heavy atom. The Kier molecular flexibility index (Phi) is 7.83. The van der Waals surface area contributed by atoms with Crippen molar-refractivity contribution >= 4 is 23.9 Å². The molecule has 1 heterocycles. The number of rotatable bonds is 8. The highest BCUT2D eigenvalue weighted by atomic mass is 16.5. The molecular weight excluding hydrogens is 436 g/mol. The predicted molar refractivity (Wildman–Crippen MR) is 123 cm³/mol. The Labute approximate surface area is 197 Å². The molecule has 2 amide bonds. The van der Waals surface area contributed by atoms with Crippen LogP contribution >= 0.6 is 0 Å². The van der Waals surface area contributed by atoms with E-state index in [1.165, 1.54) is 14.0 Å². The van der Waals surface area contributed by atoms with Crippen LogP contribution < -0.4 is 9.47 Å². The third-order valence-corrected chi connectivity index (χ3v) is 5.18. The van der Waals surface area contributed by atoms with E-state index >= 15 is 0 Å². The molecule has 8 nitrogen and oxygen atoms in total. The molecule has 2 aromatic carbocycles. The highest BCUT2D eigenvalue weighted by molar-refractivity contribution is 6.19. The first kappa shape index (κ1) is 24.3. The molecule has 0 saturated heterocycles. The minimum absolute atomic E-state index is 0.136. The van der Waals surface area contributed by atoms with Gasteiger partial charge in [-0.05, 0) is 41.8 Å². The summed E-state index contributed by atoms with van der Waals surface area (Å²) in [7, 11) is 1.52. The van der Waals surface area contributed by atoms with Gasteiger partial charge in [-0.15, -0.1) is 0 Å². The number of nitriles is 1. The number of imide groups is 1. The van der Waals surface area contributed by atoms with Crippen LogP contribution in [0.5, 0.6) is 11.5 Å². The Bertz CT molecular complexity index is 1210. The Hall–Kier alpha value is -4.38. The number of esters is 1. The number of methoxy groups -OCH3 is 1. The first-order valence-corrected chi connectivity index (χ1v) is 10.5. The van der Waals surface area contributed by atoms with Crippen molar-refractivity contribution in [1.29, 1.82) is 5.26 Å². The average molecular weight is 460 g/mol. The Morgan fingerprint density at radius 2 is 1.82 bits per heavy atom. The van der Waals surface area contributed by atoms with Crippen molar-refractivity contribution in [3.63, 3.8) is 0 Å². The third kappa shape index (κ3) is 5.51. The average Bonchev–Trinajstić information content (AvgIpc) is 2.83. The van der Waals surface area contributed by atoms with Crippen molar-refractivity contribution in [3.8, 4) is 17.6 Å². The topological polar surface area (TPSA) is 106 Å². The van der Waals surface area contributed by atoms with E-state index in [0.717, 1.165) is 10.5 Å². The quantitative estimate of drug-likeness (QED) is 0.338. The Morgan fingerprint density at radius 1 is 1.09 bits per heavy atom. The minimum atomic E-state index is -0.712. The molecule has 0 radical (unpaired) electrons. The standard InChI is InChI=1S/C26H24N2O6/c1-17-21(25(30)28(11-12-33-18(2)29)26(31)22(17)15-27)13-20-9-10-23(24(14-20)32-3)34-16-19-7-5-4-6-8-19/h4-10,13-14H,11-12,16H2,1-3H3/b21-13+. The van der Waals surface area contributed by atoms with Gasteiger partial charge in [0.1, 0.15) is 24.9 Å². The monoisotopic (exact) mass is 460 g/mol. The summed E-state index contributed by atoms with van der Waals surface area (Å²) in [5.41, 5.74) is 1.97. The summed E-state index contributed by atoms with van der Waals surface area (Å²) >= 11 is 0. The highest BCUT2D eigenvalue weighted by Gasteiger charge is 2.35. The molecule has 0 aromatic heterocycles. The molecule has 3 rings (SSSR count). The van der Waals surface area contributed by atoms with E-state index in [1.54, 1.807) is 31.2 Å². The van der Waals surface area contributed by atoms with Crippen LogP contribution in [0.1, 0.15) is 25.0 Å². The van der Waals surface area contributed by atoms with Gasteiger partial charge in [0.05, 0.1) is 13.7 Å². The van der Waals surface area contributed by atoms with Crippen molar-refractivity contribution in [2.24, 2.45) is 0 Å². The summed E-state index contributed by atoms with van der Waals surface area (Å²) in [5.74, 6) is -0.805. The van der Waals surface area contributed by atoms with Gasteiger partial charge in [-0.25, -0.2) is 0 Å². The zero-order chi connectivity index (χ0) is 24.7. The number of carbonyl (C=O) groups is 3. The molecule has 0 fully saturated rings. The van der Waals surface area contributed by atoms with E-state index in [2.05, 4.69) is 0 Å². The molecular formula is C26H24N2O6. The highest BCUT2D eigenvalue weighted by Crippen LogP contribution is 2.32. The van der Waals surface area contributed by atoms with Crippen LogP contribution in [0.3, 0.4) is 0 Å². The molecule has 0 spiro atoms. The first-order valence-electron chi connectivity index (χ1n) is 10.5. The van der Waals surface area contributed by atoms with E-state index in [0.29, 0.717) is 23.7 Å². The lowest BCUT2D eigenvalue weighted by Gasteiger charge is -2.27. The van der Waals surface area contributed by atoms with Gasteiger partial charge in [0.15, 0.2) is 11.5 Å². The summed E-state index contributed by atoms with van der Waals surface area (Å²) in [6, 6.07) is 16.8. The molecule has 0 bridgehead atoms. The minimum Gasteiger partial charge on any atom is -0.493 e. The lowest BCUT2D eigenvalue weighted by atomic mass is 9.93. The zero-order valence-corrected chi connectivity index (χ0v) is 19.2. The molecule has 1 aliphatic heterocycles. The van der Waals surface area contributed by atoms with E-state index < -0.39 is 17.8 Å². The van der Waals surface area contributed by atoms with Gasteiger partial charge >= 0.3 is 5.97 Å². The van der Waals surface area contributed by atoms with Gasteiger partial charge < -0.3 is 14.2 Å². The van der Waals surface area contributed by atoms with Gasteiger partial charge in [0, 0.05) is 12.5 Å². The molecule has 0 atom stereocenters. The fourth-order valence-corrected chi connectivity index (χ4v) is 3.41. The zero-order valence-electron chi connectivity index (χ0n) is 19.2. The molecule has 0 saturated carbocycles. The fraction of sp³-hybridized carbons (Fsp3) is 0.231. The van der Waals surface area contributed by atoms with Crippen molar-refractivity contribution < 1.29 is 28.6 Å². The smallest absolute Gasteiger partial charge is 0.302 e. The first-order chi connectivity index (χ1) is 16.3. The van der Waals surface area contributed by atoms with Gasteiger partial charge in [-0.3, -0.25) is 19.3 Å². The normalized spacial score (nSPS) is 14.8. The predicted octanol–water partition coefficient (Wildman–Crippen LogP) is 3.43. The second-order valence-corrected chi connectivity index (χ2v) is 7.46. The number of benzene rings is 2. The van der Waals surface area contributed by atoms with Gasteiger partial charge in [0.25, 0.3) is 11.8 Å². The van der Waals surface area contributed by atoms with Crippen molar-refractivity contribution in [3.05, 3.63) is 76.4 Å². The fourth-order valence-electron chi connectivity index (χ4n) is 3.41. The second kappa shape index (κ2) is 11.0. The van der Waals surface area contributed by atoms with Crippen molar-refractivity contribution in [2.45, 2.75) is 20.5 Å². The maximum atomic E-state index is 13.1. The van der Waals surface area contributed by atoms with Crippen LogP contribution in [-0.2, 0) is 25.7 Å². The van der Waals surface area contributed by atoms with Crippen LogP contribution in [0.25, 0.3) is 6.08 Å². The van der Waals surface area contributed by atoms with Crippen molar-refractivity contribution in [2.75, 3.05) is 20.3 Å². The largest absolute Gasteiger partial charge is 0.493 e. The van der Waals surface area contributed by atoms with Crippen LogP contribution in [-0.4, -0.2) is 42.9 Å². The molecule has 0 N–H and O–H groups in total. The summed E-state index contributed by atoms with van der Waals surface area (Å²) in [6.45, 7) is 2.85. The Balaban J connectivity index is 1.89. The number of carbonyl (C=O) groups excluding carboxylic acids is 3. The summed E-state index contributed by atoms with van der Waals surface area (Å²) in [5, 5.41) is 9.49.